The third-order valence-electron chi connectivity index (χ3n) is 4.08. The van der Waals surface area contributed by atoms with Crippen LogP contribution in [0.5, 0.6) is 0 Å². The summed E-state index contributed by atoms with van der Waals surface area (Å²) in [7, 11) is 0. The Labute approximate surface area is 102 Å². The fraction of sp³-hybridized carbons (Fsp3) is 0.692. The van der Waals surface area contributed by atoms with Crippen molar-refractivity contribution < 1.29 is 0 Å². The molecule has 4 heteroatoms. The fourth-order valence-corrected chi connectivity index (χ4v) is 3.01. The maximum Gasteiger partial charge on any atom is 0.128 e. The van der Waals surface area contributed by atoms with E-state index < -0.39 is 0 Å². The number of nitrogens with one attached hydrogen (secondary N) is 1. The summed E-state index contributed by atoms with van der Waals surface area (Å²) >= 11 is 0. The molecule has 1 aromatic rings. The molecule has 1 N–H and O–H groups in total. The summed E-state index contributed by atoms with van der Waals surface area (Å²) in [5.74, 6) is 2.47. The first-order chi connectivity index (χ1) is 8.34. The van der Waals surface area contributed by atoms with Crippen molar-refractivity contribution in [2.24, 2.45) is 5.92 Å². The van der Waals surface area contributed by atoms with Crippen LogP contribution in [-0.4, -0.2) is 26.8 Å². The molecule has 1 saturated carbocycles. The van der Waals surface area contributed by atoms with Gasteiger partial charge in [-0.25, -0.2) is 4.98 Å². The number of amidine groups is 1. The van der Waals surface area contributed by atoms with Crippen LogP contribution in [-0.2, 0) is 13.1 Å². The minimum atomic E-state index is 0.505. The molecule has 4 nitrogen and oxygen atoms in total. The summed E-state index contributed by atoms with van der Waals surface area (Å²) in [6.07, 6.45) is 10.3. The Balaban J connectivity index is 1.67. The molecular weight excluding hydrogens is 212 g/mol. The van der Waals surface area contributed by atoms with Crippen LogP contribution in [0.25, 0.3) is 0 Å². The van der Waals surface area contributed by atoms with Crippen LogP contribution >= 0.6 is 0 Å². The van der Waals surface area contributed by atoms with Gasteiger partial charge in [0.2, 0.25) is 0 Å². The zero-order valence-electron chi connectivity index (χ0n) is 10.2. The summed E-state index contributed by atoms with van der Waals surface area (Å²) in [6, 6.07) is 0. The third-order valence-corrected chi connectivity index (χ3v) is 4.08. The van der Waals surface area contributed by atoms with Gasteiger partial charge >= 0.3 is 0 Å². The lowest BCUT2D eigenvalue weighted by atomic mass is 9.88. The van der Waals surface area contributed by atoms with Crippen LogP contribution in [0.2, 0.25) is 0 Å². The van der Waals surface area contributed by atoms with E-state index in [2.05, 4.69) is 14.5 Å². The molecule has 0 aromatic carbocycles. The first-order valence-corrected chi connectivity index (χ1v) is 6.68. The van der Waals surface area contributed by atoms with Crippen molar-refractivity contribution in [1.82, 2.24) is 14.5 Å². The molecule has 1 aromatic heterocycles. The number of fused-ring (bicyclic) bond motifs is 1. The highest BCUT2D eigenvalue weighted by Crippen LogP contribution is 2.26. The molecule has 1 aliphatic heterocycles. The van der Waals surface area contributed by atoms with Crippen LogP contribution < -0.4 is 0 Å². The number of imidazole rings is 1. The number of nitrogens with zero attached hydrogens (tertiary/aromatic N) is 3. The van der Waals surface area contributed by atoms with Gasteiger partial charge in [-0.15, -0.1) is 0 Å². The fourth-order valence-electron chi connectivity index (χ4n) is 3.01. The van der Waals surface area contributed by atoms with E-state index in [-0.39, 0.29) is 0 Å². The van der Waals surface area contributed by atoms with E-state index in [0.717, 1.165) is 31.3 Å². The van der Waals surface area contributed by atoms with Gasteiger partial charge in [0.1, 0.15) is 5.82 Å². The minimum absolute atomic E-state index is 0.505. The van der Waals surface area contributed by atoms with E-state index in [0.29, 0.717) is 5.92 Å². The molecule has 1 aliphatic carbocycles. The van der Waals surface area contributed by atoms with Crippen LogP contribution in [0.15, 0.2) is 12.4 Å². The quantitative estimate of drug-likeness (QED) is 0.596. The molecule has 2 aliphatic rings. The van der Waals surface area contributed by atoms with Crippen molar-refractivity contribution in [2.75, 3.05) is 6.54 Å². The maximum atomic E-state index is 8.36. The second-order valence-corrected chi connectivity index (χ2v) is 5.18. The highest BCUT2D eigenvalue weighted by Gasteiger charge is 2.25. The SMILES string of the molecule is N=C(C1CCCCC1)N1CCn2ccnc2C1. The summed E-state index contributed by atoms with van der Waals surface area (Å²) in [4.78, 5) is 6.58. The molecule has 2 heterocycles. The van der Waals surface area contributed by atoms with Crippen LogP contribution in [0.4, 0.5) is 0 Å². The predicted octanol–water partition coefficient (Wildman–Crippen LogP) is 2.26. The Morgan fingerprint density at radius 1 is 1.24 bits per heavy atom. The zero-order valence-corrected chi connectivity index (χ0v) is 10.2. The second kappa shape index (κ2) is 4.51. The van der Waals surface area contributed by atoms with Crippen molar-refractivity contribution in [1.29, 1.82) is 5.41 Å². The largest absolute Gasteiger partial charge is 0.351 e. The summed E-state index contributed by atoms with van der Waals surface area (Å²) < 4.78 is 2.20. The Morgan fingerprint density at radius 2 is 2.06 bits per heavy atom. The molecule has 0 saturated heterocycles. The van der Waals surface area contributed by atoms with E-state index in [1.165, 1.54) is 32.1 Å². The first kappa shape index (κ1) is 10.8. The van der Waals surface area contributed by atoms with Gasteiger partial charge in [-0.2, -0.15) is 0 Å². The van der Waals surface area contributed by atoms with Crippen molar-refractivity contribution >= 4 is 5.84 Å². The minimum Gasteiger partial charge on any atom is -0.351 e. The normalized spacial score (nSPS) is 21.3. The number of hydrogen-bond donors (Lipinski definition) is 1. The van der Waals surface area contributed by atoms with Crippen LogP contribution in [0, 0.1) is 11.3 Å². The Kier molecular flexibility index (Phi) is 2.87. The summed E-state index contributed by atoms with van der Waals surface area (Å²) in [5, 5.41) is 8.36. The standard InChI is InChI=1S/C13H20N4/c14-13(11-4-2-1-3-5-11)17-9-8-16-7-6-15-12(16)10-17/h6-7,11,14H,1-5,8-10H2. The first-order valence-electron chi connectivity index (χ1n) is 6.68. The molecule has 0 bridgehead atoms. The lowest BCUT2D eigenvalue weighted by molar-refractivity contribution is 0.296. The van der Waals surface area contributed by atoms with Gasteiger partial charge in [0.05, 0.1) is 12.4 Å². The monoisotopic (exact) mass is 232 g/mol. The third kappa shape index (κ3) is 2.08. The molecule has 17 heavy (non-hydrogen) atoms. The van der Waals surface area contributed by atoms with Gasteiger partial charge in [0, 0.05) is 31.4 Å². The Bertz CT molecular complexity index is 403. The second-order valence-electron chi connectivity index (χ2n) is 5.18. The van der Waals surface area contributed by atoms with Gasteiger partial charge in [0.15, 0.2) is 0 Å². The van der Waals surface area contributed by atoms with Gasteiger partial charge in [-0.1, -0.05) is 19.3 Å². The number of rotatable bonds is 1. The average molecular weight is 232 g/mol. The Hall–Kier alpha value is -1.32. The van der Waals surface area contributed by atoms with Gasteiger partial charge in [-0.3, -0.25) is 5.41 Å². The smallest absolute Gasteiger partial charge is 0.128 e. The predicted molar refractivity (Wildman–Crippen MR) is 66.9 cm³/mol. The van der Waals surface area contributed by atoms with Crippen molar-refractivity contribution in [3.05, 3.63) is 18.2 Å². The molecule has 92 valence electrons. The van der Waals surface area contributed by atoms with E-state index in [4.69, 9.17) is 5.41 Å². The average Bonchev–Trinajstić information content (AvgIpc) is 2.86. The van der Waals surface area contributed by atoms with E-state index in [1.54, 1.807) is 0 Å². The summed E-state index contributed by atoms with van der Waals surface area (Å²) in [6.45, 7) is 2.77. The maximum absolute atomic E-state index is 8.36. The van der Waals surface area contributed by atoms with Crippen molar-refractivity contribution in [3.8, 4) is 0 Å². The molecule has 0 radical (unpaired) electrons. The van der Waals surface area contributed by atoms with Crippen LogP contribution in [0.1, 0.15) is 37.9 Å². The van der Waals surface area contributed by atoms with Gasteiger partial charge in [-0.05, 0) is 12.8 Å². The van der Waals surface area contributed by atoms with E-state index >= 15 is 0 Å². The number of hydrogen-bond acceptors (Lipinski definition) is 2. The van der Waals surface area contributed by atoms with Gasteiger partial charge < -0.3 is 9.47 Å². The zero-order chi connectivity index (χ0) is 11.7. The molecule has 0 unspecified atom stereocenters. The lowest BCUT2D eigenvalue weighted by Gasteiger charge is -2.34. The highest BCUT2D eigenvalue weighted by molar-refractivity contribution is 5.81. The van der Waals surface area contributed by atoms with Crippen molar-refractivity contribution in [2.45, 2.75) is 45.2 Å². The molecule has 0 amide bonds. The highest BCUT2D eigenvalue weighted by atomic mass is 15.3. The molecule has 0 atom stereocenters. The molecular formula is C13H20N4. The van der Waals surface area contributed by atoms with Crippen molar-refractivity contribution in [3.63, 3.8) is 0 Å². The van der Waals surface area contributed by atoms with Gasteiger partial charge in [0.25, 0.3) is 0 Å². The Morgan fingerprint density at radius 3 is 2.88 bits per heavy atom. The molecule has 0 spiro atoms. The van der Waals surface area contributed by atoms with E-state index in [1.807, 2.05) is 12.4 Å². The molecule has 3 rings (SSSR count). The topological polar surface area (TPSA) is 44.9 Å². The molecule has 1 fully saturated rings. The lowest BCUT2D eigenvalue weighted by Crippen LogP contribution is -2.41. The van der Waals surface area contributed by atoms with E-state index in [9.17, 15) is 0 Å². The summed E-state index contributed by atoms with van der Waals surface area (Å²) in [5.41, 5.74) is 0. The van der Waals surface area contributed by atoms with Crippen LogP contribution in [0.3, 0.4) is 0 Å². The number of aromatic nitrogens is 2.